The Hall–Kier alpha value is -2.89. The van der Waals surface area contributed by atoms with Crippen molar-refractivity contribution in [3.63, 3.8) is 0 Å². The minimum absolute atomic E-state index is 0.0588. The molecule has 21 heavy (non-hydrogen) atoms. The molecule has 2 N–H and O–H groups in total. The van der Waals surface area contributed by atoms with Crippen LogP contribution in [0.1, 0.15) is 0 Å². The molecule has 1 fully saturated rings. The van der Waals surface area contributed by atoms with Crippen LogP contribution < -0.4 is 10.2 Å². The van der Waals surface area contributed by atoms with Crippen LogP contribution in [0, 0.1) is 0 Å². The number of carbonyl (C=O) groups is 1. The fraction of sp³-hybridized carbons (Fsp3) is 0.133. The lowest BCUT2D eigenvalue weighted by Crippen LogP contribution is -2.60. The van der Waals surface area contributed by atoms with Crippen molar-refractivity contribution in [2.24, 2.45) is 0 Å². The minimum Gasteiger partial charge on any atom is -0.356 e. The van der Waals surface area contributed by atoms with Crippen molar-refractivity contribution >= 4 is 28.4 Å². The predicted octanol–water partition coefficient (Wildman–Crippen LogP) is 1.79. The lowest BCUT2D eigenvalue weighted by molar-refractivity contribution is -0.123. The third-order valence-corrected chi connectivity index (χ3v) is 3.66. The number of rotatable bonds is 3. The van der Waals surface area contributed by atoms with Crippen molar-refractivity contribution < 1.29 is 4.79 Å². The third-order valence-electron chi connectivity index (χ3n) is 3.66. The first-order valence-electron chi connectivity index (χ1n) is 6.74. The Morgan fingerprint density at radius 3 is 2.86 bits per heavy atom. The highest BCUT2D eigenvalue weighted by molar-refractivity contribution is 6.06. The summed E-state index contributed by atoms with van der Waals surface area (Å²) in [7, 11) is 0. The van der Waals surface area contributed by atoms with Crippen molar-refractivity contribution in [2.75, 3.05) is 16.8 Å². The summed E-state index contributed by atoms with van der Waals surface area (Å²) in [5.41, 5.74) is 1.69. The number of benzene rings is 1. The van der Waals surface area contributed by atoms with E-state index in [4.69, 9.17) is 0 Å². The van der Waals surface area contributed by atoms with E-state index in [0.717, 1.165) is 16.7 Å². The summed E-state index contributed by atoms with van der Waals surface area (Å²) >= 11 is 0. The molecule has 3 heterocycles. The molecule has 6 heteroatoms. The maximum absolute atomic E-state index is 12.3. The average molecular weight is 279 g/mol. The second-order valence-corrected chi connectivity index (χ2v) is 4.94. The molecular formula is C15H13N5O. The van der Waals surface area contributed by atoms with Gasteiger partial charge in [0.1, 0.15) is 23.8 Å². The first-order valence-corrected chi connectivity index (χ1v) is 6.74. The number of hydrogen-bond donors (Lipinski definition) is 2. The number of hydrogen-bond acceptors (Lipinski definition) is 4. The van der Waals surface area contributed by atoms with E-state index in [1.165, 1.54) is 6.33 Å². The number of fused-ring (bicyclic) bond motifs is 1. The molecule has 1 aliphatic heterocycles. The van der Waals surface area contributed by atoms with Crippen molar-refractivity contribution in [2.45, 2.75) is 6.04 Å². The molecule has 0 saturated carbocycles. The molecule has 3 aromatic rings. The number of carbonyl (C=O) groups excluding carboxylic acids is 1. The zero-order valence-electron chi connectivity index (χ0n) is 11.2. The number of nitrogens with zero attached hydrogens (tertiary/aromatic N) is 3. The molecular weight excluding hydrogens is 266 g/mol. The van der Waals surface area contributed by atoms with Crippen LogP contribution in [0.4, 0.5) is 11.5 Å². The van der Waals surface area contributed by atoms with E-state index < -0.39 is 0 Å². The molecule has 4 rings (SSSR count). The summed E-state index contributed by atoms with van der Waals surface area (Å²) in [6.07, 6.45) is 3.29. The largest absolute Gasteiger partial charge is 0.356 e. The van der Waals surface area contributed by atoms with Gasteiger partial charge in [0.25, 0.3) is 5.91 Å². The standard InChI is InChI=1S/C15H13N5O/c21-15-12(8-20(15)10-4-2-1-3-5-10)19-14-11-6-7-16-13(11)17-9-18-14/h1-7,9,12H,8H2,(H2,16,17,18,19). The molecule has 1 aromatic carbocycles. The average Bonchev–Trinajstić information content (AvgIpc) is 3.01. The lowest BCUT2D eigenvalue weighted by Gasteiger charge is -2.38. The summed E-state index contributed by atoms with van der Waals surface area (Å²) in [4.78, 5) is 25.4. The summed E-state index contributed by atoms with van der Waals surface area (Å²) in [5.74, 6) is 0.746. The van der Waals surface area contributed by atoms with Gasteiger partial charge in [0.2, 0.25) is 0 Å². The first kappa shape index (κ1) is 11.9. The zero-order valence-corrected chi connectivity index (χ0v) is 11.2. The fourth-order valence-electron chi connectivity index (χ4n) is 2.53. The van der Waals surface area contributed by atoms with Gasteiger partial charge in [0, 0.05) is 11.9 Å². The van der Waals surface area contributed by atoms with Gasteiger partial charge in [-0.15, -0.1) is 0 Å². The fourth-order valence-corrected chi connectivity index (χ4v) is 2.53. The predicted molar refractivity (Wildman–Crippen MR) is 80.1 cm³/mol. The van der Waals surface area contributed by atoms with Crippen LogP contribution in [0.15, 0.2) is 48.9 Å². The molecule has 1 amide bonds. The lowest BCUT2D eigenvalue weighted by atomic mass is 10.1. The first-order chi connectivity index (χ1) is 10.3. The van der Waals surface area contributed by atoms with E-state index in [-0.39, 0.29) is 11.9 Å². The van der Waals surface area contributed by atoms with Crippen molar-refractivity contribution in [3.8, 4) is 0 Å². The number of anilines is 2. The van der Waals surface area contributed by atoms with Gasteiger partial charge < -0.3 is 15.2 Å². The van der Waals surface area contributed by atoms with Crippen LogP contribution >= 0.6 is 0 Å². The number of aromatic nitrogens is 3. The van der Waals surface area contributed by atoms with Gasteiger partial charge in [-0.1, -0.05) is 18.2 Å². The molecule has 1 saturated heterocycles. The maximum Gasteiger partial charge on any atom is 0.251 e. The molecule has 2 aromatic heterocycles. The summed E-state index contributed by atoms with van der Waals surface area (Å²) in [6.45, 7) is 0.638. The van der Waals surface area contributed by atoms with Crippen LogP contribution in [-0.4, -0.2) is 33.4 Å². The van der Waals surface area contributed by atoms with Crippen LogP contribution in [0.25, 0.3) is 11.0 Å². The van der Waals surface area contributed by atoms with Crippen molar-refractivity contribution in [1.29, 1.82) is 0 Å². The van der Waals surface area contributed by atoms with E-state index >= 15 is 0 Å². The summed E-state index contributed by atoms with van der Waals surface area (Å²) in [5, 5.41) is 4.09. The molecule has 1 unspecified atom stereocenters. The molecule has 104 valence electrons. The summed E-state index contributed by atoms with van der Waals surface area (Å²) < 4.78 is 0. The molecule has 0 aliphatic carbocycles. The maximum atomic E-state index is 12.3. The highest BCUT2D eigenvalue weighted by Gasteiger charge is 2.37. The smallest absolute Gasteiger partial charge is 0.251 e. The van der Waals surface area contributed by atoms with E-state index in [1.807, 2.05) is 42.6 Å². The van der Waals surface area contributed by atoms with Gasteiger partial charge in [-0.25, -0.2) is 9.97 Å². The zero-order chi connectivity index (χ0) is 14.2. The Bertz CT molecular complexity index is 798. The van der Waals surface area contributed by atoms with Gasteiger partial charge >= 0.3 is 0 Å². The van der Waals surface area contributed by atoms with Crippen molar-refractivity contribution in [3.05, 3.63) is 48.9 Å². The van der Waals surface area contributed by atoms with Gasteiger partial charge in [0.15, 0.2) is 0 Å². The Kier molecular flexibility index (Phi) is 2.60. The number of amides is 1. The third kappa shape index (κ3) is 1.92. The molecule has 1 atom stereocenters. The normalized spacial score (nSPS) is 17.8. The van der Waals surface area contributed by atoms with E-state index in [0.29, 0.717) is 12.4 Å². The van der Waals surface area contributed by atoms with Gasteiger partial charge in [-0.05, 0) is 18.2 Å². The van der Waals surface area contributed by atoms with Crippen molar-refractivity contribution in [1.82, 2.24) is 15.0 Å². The van der Waals surface area contributed by atoms with E-state index in [1.54, 1.807) is 4.90 Å². The Balaban J connectivity index is 1.53. The molecule has 0 radical (unpaired) electrons. The van der Waals surface area contributed by atoms with Crippen LogP contribution in [-0.2, 0) is 4.79 Å². The monoisotopic (exact) mass is 279 g/mol. The quantitative estimate of drug-likeness (QED) is 0.717. The highest BCUT2D eigenvalue weighted by Crippen LogP contribution is 2.25. The van der Waals surface area contributed by atoms with Crippen LogP contribution in [0.5, 0.6) is 0 Å². The summed E-state index contributed by atoms with van der Waals surface area (Å²) in [6, 6.07) is 11.3. The minimum atomic E-state index is -0.238. The van der Waals surface area contributed by atoms with Gasteiger partial charge in [-0.3, -0.25) is 4.79 Å². The number of H-pyrrole nitrogens is 1. The topological polar surface area (TPSA) is 73.9 Å². The number of β-lactam (4-membered cyclic amide) rings is 1. The molecule has 6 nitrogen and oxygen atoms in total. The SMILES string of the molecule is O=C1C(Nc2ncnc3[nH]ccc23)CN1c1ccccc1. The second kappa shape index (κ2) is 4.59. The molecule has 0 spiro atoms. The Morgan fingerprint density at radius 1 is 1.19 bits per heavy atom. The second-order valence-electron chi connectivity index (χ2n) is 4.94. The number of para-hydroxylation sites is 1. The highest BCUT2D eigenvalue weighted by atomic mass is 16.2. The Labute approximate surface area is 120 Å². The van der Waals surface area contributed by atoms with Crippen LogP contribution in [0.2, 0.25) is 0 Å². The number of aromatic amines is 1. The molecule has 0 bridgehead atoms. The van der Waals surface area contributed by atoms with Gasteiger partial charge in [0.05, 0.1) is 11.9 Å². The van der Waals surface area contributed by atoms with E-state index in [9.17, 15) is 4.79 Å². The van der Waals surface area contributed by atoms with Gasteiger partial charge in [-0.2, -0.15) is 0 Å². The van der Waals surface area contributed by atoms with E-state index in [2.05, 4.69) is 20.3 Å². The van der Waals surface area contributed by atoms with Crippen LogP contribution in [0.3, 0.4) is 0 Å². The molecule has 1 aliphatic rings. The Morgan fingerprint density at radius 2 is 2.05 bits per heavy atom. The number of nitrogens with one attached hydrogen (secondary N) is 2.